The number of nitrogens with zero attached hydrogens (tertiary/aromatic N) is 1. The van der Waals surface area contributed by atoms with Crippen LogP contribution in [0.15, 0.2) is 34.8 Å². The van der Waals surface area contributed by atoms with Crippen molar-refractivity contribution in [3.05, 3.63) is 34.8 Å². The van der Waals surface area contributed by atoms with E-state index in [-0.39, 0.29) is 0 Å². The van der Waals surface area contributed by atoms with Crippen LogP contribution in [0.5, 0.6) is 5.88 Å². The Morgan fingerprint density at radius 2 is 2.06 bits per heavy atom. The third-order valence-electron chi connectivity index (χ3n) is 2.62. The highest BCUT2D eigenvalue weighted by Gasteiger charge is 1.99. The van der Waals surface area contributed by atoms with Gasteiger partial charge < -0.3 is 4.74 Å². The molecule has 0 unspecified atom stereocenters. The molecule has 17 heavy (non-hydrogen) atoms. The van der Waals surface area contributed by atoms with Crippen molar-refractivity contribution in [2.45, 2.75) is 26.2 Å². The van der Waals surface area contributed by atoms with Crippen LogP contribution in [0.2, 0.25) is 0 Å². The van der Waals surface area contributed by atoms with E-state index in [2.05, 4.69) is 33.9 Å². The van der Waals surface area contributed by atoms with E-state index in [0.717, 1.165) is 34.3 Å². The molecule has 2 aromatic rings. The lowest BCUT2D eigenvalue weighted by molar-refractivity contribution is 0.296. The maximum Gasteiger partial charge on any atom is 0.213 e. The van der Waals surface area contributed by atoms with Crippen molar-refractivity contribution in [3.63, 3.8) is 0 Å². The van der Waals surface area contributed by atoms with Crippen molar-refractivity contribution in [1.82, 2.24) is 4.98 Å². The molecule has 0 aliphatic heterocycles. The van der Waals surface area contributed by atoms with Gasteiger partial charge >= 0.3 is 0 Å². The summed E-state index contributed by atoms with van der Waals surface area (Å²) in [6, 6.07) is 10.0. The van der Waals surface area contributed by atoms with E-state index in [1.807, 2.05) is 24.3 Å². The quantitative estimate of drug-likeness (QED) is 0.754. The fraction of sp³-hybridized carbons (Fsp3) is 0.357. The van der Waals surface area contributed by atoms with Gasteiger partial charge in [0.05, 0.1) is 12.1 Å². The molecule has 0 spiro atoms. The Bertz CT molecular complexity index is 499. The van der Waals surface area contributed by atoms with Crippen molar-refractivity contribution in [2.24, 2.45) is 0 Å². The molecule has 1 aromatic carbocycles. The van der Waals surface area contributed by atoms with Gasteiger partial charge in [-0.15, -0.1) is 0 Å². The lowest BCUT2D eigenvalue weighted by Gasteiger charge is -2.06. The minimum absolute atomic E-state index is 0.718. The molecule has 0 radical (unpaired) electrons. The first-order valence-electron chi connectivity index (χ1n) is 5.98. The monoisotopic (exact) mass is 293 g/mol. The average Bonchev–Trinajstić information content (AvgIpc) is 2.35. The van der Waals surface area contributed by atoms with Crippen LogP contribution in [0.4, 0.5) is 0 Å². The van der Waals surface area contributed by atoms with E-state index in [1.54, 1.807) is 0 Å². The van der Waals surface area contributed by atoms with E-state index in [1.165, 1.54) is 12.8 Å². The number of fused-ring (bicyclic) bond motifs is 1. The van der Waals surface area contributed by atoms with Crippen molar-refractivity contribution >= 4 is 26.8 Å². The molecule has 0 aliphatic carbocycles. The Morgan fingerprint density at radius 3 is 2.88 bits per heavy atom. The maximum atomic E-state index is 5.62. The van der Waals surface area contributed by atoms with Gasteiger partial charge in [-0.25, -0.2) is 4.98 Å². The number of benzene rings is 1. The van der Waals surface area contributed by atoms with Crippen LogP contribution in [0.25, 0.3) is 10.9 Å². The normalized spacial score (nSPS) is 10.7. The third kappa shape index (κ3) is 3.43. The van der Waals surface area contributed by atoms with E-state index in [4.69, 9.17) is 4.74 Å². The van der Waals surface area contributed by atoms with Gasteiger partial charge in [0.15, 0.2) is 0 Å². The Kier molecular flexibility index (Phi) is 4.37. The molecule has 0 saturated heterocycles. The summed E-state index contributed by atoms with van der Waals surface area (Å²) in [6.45, 7) is 2.94. The molecule has 0 aliphatic rings. The van der Waals surface area contributed by atoms with Crippen LogP contribution < -0.4 is 4.74 Å². The van der Waals surface area contributed by atoms with E-state index in [9.17, 15) is 0 Å². The summed E-state index contributed by atoms with van der Waals surface area (Å²) in [6.07, 6.45) is 3.51. The van der Waals surface area contributed by atoms with Gasteiger partial charge in [0.1, 0.15) is 0 Å². The number of rotatable bonds is 5. The minimum atomic E-state index is 0.718. The zero-order valence-corrected chi connectivity index (χ0v) is 11.5. The summed E-state index contributed by atoms with van der Waals surface area (Å²) in [5.41, 5.74) is 0.973. The average molecular weight is 294 g/mol. The molecule has 0 fully saturated rings. The van der Waals surface area contributed by atoms with Gasteiger partial charge in [0, 0.05) is 15.9 Å². The predicted molar refractivity (Wildman–Crippen MR) is 74.5 cm³/mol. The van der Waals surface area contributed by atoms with Gasteiger partial charge in [-0.3, -0.25) is 0 Å². The SMILES string of the molecule is CCCCCOc1ccc2cc(Br)ccc2n1. The van der Waals surface area contributed by atoms with Gasteiger partial charge in [-0.1, -0.05) is 35.7 Å². The molecule has 0 amide bonds. The van der Waals surface area contributed by atoms with Crippen molar-refractivity contribution < 1.29 is 4.74 Å². The lowest BCUT2D eigenvalue weighted by Crippen LogP contribution is -1.98. The molecule has 0 saturated carbocycles. The molecule has 0 atom stereocenters. The minimum Gasteiger partial charge on any atom is -0.478 e. The fourth-order valence-electron chi connectivity index (χ4n) is 1.69. The molecule has 2 rings (SSSR count). The lowest BCUT2D eigenvalue weighted by atomic mass is 10.2. The molecule has 0 bridgehead atoms. The van der Waals surface area contributed by atoms with Crippen LogP contribution in [-0.4, -0.2) is 11.6 Å². The molecule has 0 N–H and O–H groups in total. The Morgan fingerprint density at radius 1 is 1.18 bits per heavy atom. The number of pyridine rings is 1. The van der Waals surface area contributed by atoms with Crippen molar-refractivity contribution in [3.8, 4) is 5.88 Å². The van der Waals surface area contributed by atoms with E-state index in [0.29, 0.717) is 0 Å². The first kappa shape index (κ1) is 12.4. The summed E-state index contributed by atoms with van der Waals surface area (Å²) in [5.74, 6) is 0.718. The molecular weight excluding hydrogens is 278 g/mol. The largest absolute Gasteiger partial charge is 0.478 e. The Balaban J connectivity index is 2.07. The number of halogens is 1. The first-order valence-corrected chi connectivity index (χ1v) is 6.78. The molecule has 3 heteroatoms. The molecule has 90 valence electrons. The highest BCUT2D eigenvalue weighted by molar-refractivity contribution is 9.10. The summed E-state index contributed by atoms with van der Waals surface area (Å²) in [4.78, 5) is 4.47. The summed E-state index contributed by atoms with van der Waals surface area (Å²) < 4.78 is 6.70. The van der Waals surface area contributed by atoms with E-state index >= 15 is 0 Å². The van der Waals surface area contributed by atoms with Crippen LogP contribution in [0.3, 0.4) is 0 Å². The summed E-state index contributed by atoms with van der Waals surface area (Å²) in [5, 5.41) is 1.13. The topological polar surface area (TPSA) is 22.1 Å². The van der Waals surface area contributed by atoms with E-state index < -0.39 is 0 Å². The fourth-order valence-corrected chi connectivity index (χ4v) is 2.07. The first-order chi connectivity index (χ1) is 8.29. The summed E-state index contributed by atoms with van der Waals surface area (Å²) >= 11 is 3.45. The Labute approximate surface area is 110 Å². The highest BCUT2D eigenvalue weighted by Crippen LogP contribution is 2.20. The zero-order valence-electron chi connectivity index (χ0n) is 9.95. The highest BCUT2D eigenvalue weighted by atomic mass is 79.9. The molecule has 1 heterocycles. The third-order valence-corrected chi connectivity index (χ3v) is 3.12. The van der Waals surface area contributed by atoms with Gasteiger partial charge in [0.2, 0.25) is 5.88 Å². The number of unbranched alkanes of at least 4 members (excludes halogenated alkanes) is 2. The molecular formula is C14H16BrNO. The standard InChI is InChI=1S/C14H16BrNO/c1-2-3-4-9-17-14-8-5-11-10-12(15)6-7-13(11)16-14/h5-8,10H,2-4,9H2,1H3. The summed E-state index contributed by atoms with van der Waals surface area (Å²) in [7, 11) is 0. The van der Waals surface area contributed by atoms with Crippen LogP contribution in [0, 0.1) is 0 Å². The zero-order chi connectivity index (χ0) is 12.1. The van der Waals surface area contributed by atoms with Crippen LogP contribution in [0.1, 0.15) is 26.2 Å². The van der Waals surface area contributed by atoms with Crippen molar-refractivity contribution in [1.29, 1.82) is 0 Å². The number of hydrogen-bond acceptors (Lipinski definition) is 2. The Hall–Kier alpha value is -1.09. The second-order valence-electron chi connectivity index (χ2n) is 4.04. The van der Waals surface area contributed by atoms with Gasteiger partial charge in [-0.05, 0) is 30.7 Å². The number of ether oxygens (including phenoxy) is 1. The smallest absolute Gasteiger partial charge is 0.213 e. The van der Waals surface area contributed by atoms with Gasteiger partial charge in [0.25, 0.3) is 0 Å². The molecule has 1 aromatic heterocycles. The second kappa shape index (κ2) is 6.01. The number of hydrogen-bond donors (Lipinski definition) is 0. The second-order valence-corrected chi connectivity index (χ2v) is 4.96. The van der Waals surface area contributed by atoms with Crippen LogP contribution >= 0.6 is 15.9 Å². The molecule has 2 nitrogen and oxygen atoms in total. The number of aromatic nitrogens is 1. The van der Waals surface area contributed by atoms with Crippen molar-refractivity contribution in [2.75, 3.05) is 6.61 Å². The van der Waals surface area contributed by atoms with Crippen LogP contribution in [-0.2, 0) is 0 Å². The predicted octanol–water partition coefficient (Wildman–Crippen LogP) is 4.57. The maximum absolute atomic E-state index is 5.62. The van der Waals surface area contributed by atoms with Gasteiger partial charge in [-0.2, -0.15) is 0 Å².